The molecule has 0 aliphatic rings. The predicted octanol–water partition coefficient (Wildman–Crippen LogP) is 0.931. The zero-order chi connectivity index (χ0) is 14.3. The lowest BCUT2D eigenvalue weighted by molar-refractivity contribution is 0.0944. The highest BCUT2D eigenvalue weighted by Crippen LogP contribution is 2.13. The van der Waals surface area contributed by atoms with Crippen LogP contribution in [0.25, 0.3) is 0 Å². The quantitative estimate of drug-likeness (QED) is 0.701. The van der Waals surface area contributed by atoms with Gasteiger partial charge in [0, 0.05) is 33.8 Å². The van der Waals surface area contributed by atoms with Crippen LogP contribution in [-0.4, -0.2) is 49.0 Å². The number of hydrogen-bond acceptors (Lipinski definition) is 4. The first-order valence-electron chi connectivity index (χ1n) is 6.58. The van der Waals surface area contributed by atoms with Gasteiger partial charge >= 0.3 is 0 Å². The van der Waals surface area contributed by atoms with Gasteiger partial charge in [0.05, 0.1) is 12.3 Å². The number of aromatic nitrogens is 2. The second-order valence-corrected chi connectivity index (χ2v) is 4.73. The molecule has 6 nitrogen and oxygen atoms in total. The van der Waals surface area contributed by atoms with Gasteiger partial charge in [0.15, 0.2) is 0 Å². The Morgan fingerprint density at radius 1 is 1.40 bits per heavy atom. The van der Waals surface area contributed by atoms with E-state index < -0.39 is 0 Å². The average Bonchev–Trinajstić information content (AvgIpc) is 2.76. The van der Waals surface area contributed by atoms with Crippen molar-refractivity contribution in [1.82, 2.24) is 20.4 Å². The van der Waals surface area contributed by atoms with E-state index in [1.54, 1.807) is 18.8 Å². The first-order chi connectivity index (χ1) is 9.06. The Balaban J connectivity index is 0.00000361. The molecule has 1 aromatic rings. The molecule has 0 aliphatic heterocycles. The van der Waals surface area contributed by atoms with Crippen LogP contribution in [0.4, 0.5) is 0 Å². The summed E-state index contributed by atoms with van der Waals surface area (Å²) in [6, 6.07) is 1.85. The molecule has 1 amide bonds. The van der Waals surface area contributed by atoms with E-state index >= 15 is 0 Å². The molecule has 7 heteroatoms. The highest BCUT2D eigenvalue weighted by Gasteiger charge is 2.14. The van der Waals surface area contributed by atoms with Gasteiger partial charge in [0.2, 0.25) is 0 Å². The molecule has 1 heterocycles. The number of aryl methyl sites for hydroxylation is 1. The molecule has 0 spiro atoms. The molecule has 0 unspecified atom stereocenters. The monoisotopic (exact) mass is 304 g/mol. The van der Waals surface area contributed by atoms with Crippen molar-refractivity contribution in [2.45, 2.75) is 19.8 Å². The third-order valence-electron chi connectivity index (χ3n) is 2.79. The molecule has 20 heavy (non-hydrogen) atoms. The Morgan fingerprint density at radius 2 is 2.10 bits per heavy atom. The molecular weight excluding hydrogens is 280 g/mol. The Bertz CT molecular complexity index is 407. The van der Waals surface area contributed by atoms with E-state index in [4.69, 9.17) is 4.74 Å². The van der Waals surface area contributed by atoms with E-state index in [1.165, 1.54) is 0 Å². The van der Waals surface area contributed by atoms with E-state index in [2.05, 4.69) is 29.6 Å². The second kappa shape index (κ2) is 9.74. The fourth-order valence-corrected chi connectivity index (χ4v) is 1.64. The summed E-state index contributed by atoms with van der Waals surface area (Å²) in [4.78, 5) is 12.0. The van der Waals surface area contributed by atoms with Crippen molar-refractivity contribution in [3.63, 3.8) is 0 Å². The summed E-state index contributed by atoms with van der Waals surface area (Å²) in [6.07, 6.45) is 0. The van der Waals surface area contributed by atoms with Crippen LogP contribution in [0.3, 0.4) is 0 Å². The minimum atomic E-state index is -0.0876. The minimum Gasteiger partial charge on any atom is -0.383 e. The summed E-state index contributed by atoms with van der Waals surface area (Å²) in [6.45, 7) is 6.89. The SMILES string of the molecule is COCCNCCNC(=O)c1cc(C(C)C)nn1C.Cl. The van der Waals surface area contributed by atoms with Crippen molar-refractivity contribution < 1.29 is 9.53 Å². The first-order valence-corrected chi connectivity index (χ1v) is 6.58. The van der Waals surface area contributed by atoms with Crippen LogP contribution in [0.5, 0.6) is 0 Å². The van der Waals surface area contributed by atoms with Crippen molar-refractivity contribution in [3.05, 3.63) is 17.5 Å². The maximum absolute atomic E-state index is 12.0. The fraction of sp³-hybridized carbons (Fsp3) is 0.692. The Morgan fingerprint density at radius 3 is 2.65 bits per heavy atom. The Hall–Kier alpha value is -1.11. The molecule has 1 rings (SSSR count). The third kappa shape index (κ3) is 5.90. The van der Waals surface area contributed by atoms with E-state index in [1.807, 2.05) is 6.07 Å². The number of carbonyl (C=O) groups is 1. The molecule has 0 aliphatic carbocycles. The molecule has 0 saturated heterocycles. The van der Waals surface area contributed by atoms with Crippen molar-refractivity contribution in [2.24, 2.45) is 7.05 Å². The van der Waals surface area contributed by atoms with Gasteiger partial charge in [-0.15, -0.1) is 12.4 Å². The number of nitrogens with zero attached hydrogens (tertiary/aromatic N) is 2. The van der Waals surface area contributed by atoms with Crippen LogP contribution < -0.4 is 10.6 Å². The molecule has 0 radical (unpaired) electrons. The molecule has 0 atom stereocenters. The molecule has 0 saturated carbocycles. The van der Waals surface area contributed by atoms with Crippen molar-refractivity contribution in [1.29, 1.82) is 0 Å². The van der Waals surface area contributed by atoms with Crippen molar-refractivity contribution >= 4 is 18.3 Å². The summed E-state index contributed by atoms with van der Waals surface area (Å²) >= 11 is 0. The number of carbonyl (C=O) groups excluding carboxylic acids is 1. The number of halogens is 1. The molecule has 2 N–H and O–H groups in total. The predicted molar refractivity (Wildman–Crippen MR) is 81.6 cm³/mol. The number of nitrogens with one attached hydrogen (secondary N) is 2. The standard InChI is InChI=1S/C13H24N4O2.ClH/c1-10(2)11-9-12(17(3)16-11)13(18)15-6-5-14-7-8-19-4;/h9-10,14H,5-8H2,1-4H3,(H,15,18);1H. The molecule has 0 bridgehead atoms. The Labute approximate surface area is 126 Å². The normalized spacial score (nSPS) is 10.4. The lowest BCUT2D eigenvalue weighted by Gasteiger charge is -2.06. The first kappa shape index (κ1) is 18.9. The van der Waals surface area contributed by atoms with Crippen molar-refractivity contribution in [2.75, 3.05) is 33.4 Å². The van der Waals surface area contributed by atoms with Gasteiger partial charge in [-0.1, -0.05) is 13.8 Å². The molecular formula is C13H25ClN4O2. The maximum Gasteiger partial charge on any atom is 0.269 e. The summed E-state index contributed by atoms with van der Waals surface area (Å²) < 4.78 is 6.55. The van der Waals surface area contributed by atoms with Gasteiger partial charge in [0.1, 0.15) is 5.69 Å². The largest absolute Gasteiger partial charge is 0.383 e. The summed E-state index contributed by atoms with van der Waals surface area (Å²) in [5.41, 5.74) is 1.53. The van der Waals surface area contributed by atoms with Gasteiger partial charge < -0.3 is 15.4 Å². The van der Waals surface area contributed by atoms with Gasteiger partial charge in [-0.05, 0) is 12.0 Å². The van der Waals surface area contributed by atoms with Crippen LogP contribution in [0.1, 0.15) is 35.9 Å². The highest BCUT2D eigenvalue weighted by molar-refractivity contribution is 5.92. The van der Waals surface area contributed by atoms with E-state index in [9.17, 15) is 4.79 Å². The maximum atomic E-state index is 12.0. The molecule has 0 fully saturated rings. The minimum absolute atomic E-state index is 0. The lowest BCUT2D eigenvalue weighted by atomic mass is 10.1. The molecule has 1 aromatic heterocycles. The van der Waals surface area contributed by atoms with Crippen LogP contribution >= 0.6 is 12.4 Å². The summed E-state index contributed by atoms with van der Waals surface area (Å²) in [5.74, 6) is 0.235. The van der Waals surface area contributed by atoms with Gasteiger partial charge in [-0.3, -0.25) is 9.48 Å². The van der Waals surface area contributed by atoms with E-state index in [0.717, 1.165) is 18.8 Å². The van der Waals surface area contributed by atoms with Gasteiger partial charge in [-0.25, -0.2) is 0 Å². The number of ether oxygens (including phenoxy) is 1. The second-order valence-electron chi connectivity index (χ2n) is 4.73. The molecule has 116 valence electrons. The van der Waals surface area contributed by atoms with Crippen molar-refractivity contribution in [3.8, 4) is 0 Å². The number of methoxy groups -OCH3 is 1. The number of hydrogen-bond donors (Lipinski definition) is 2. The summed E-state index contributed by atoms with van der Waals surface area (Å²) in [5, 5.41) is 10.4. The number of rotatable bonds is 8. The van der Waals surface area contributed by atoms with E-state index in [0.29, 0.717) is 24.8 Å². The zero-order valence-electron chi connectivity index (χ0n) is 12.6. The zero-order valence-corrected chi connectivity index (χ0v) is 13.4. The third-order valence-corrected chi connectivity index (χ3v) is 2.79. The number of amides is 1. The average molecular weight is 305 g/mol. The molecule has 0 aromatic carbocycles. The smallest absolute Gasteiger partial charge is 0.269 e. The van der Waals surface area contributed by atoms with Gasteiger partial charge in [-0.2, -0.15) is 5.10 Å². The van der Waals surface area contributed by atoms with Crippen LogP contribution in [-0.2, 0) is 11.8 Å². The van der Waals surface area contributed by atoms with Crippen LogP contribution in [0.15, 0.2) is 6.07 Å². The lowest BCUT2D eigenvalue weighted by Crippen LogP contribution is -2.33. The van der Waals surface area contributed by atoms with Crippen LogP contribution in [0, 0.1) is 0 Å². The topological polar surface area (TPSA) is 68.2 Å². The summed E-state index contributed by atoms with van der Waals surface area (Å²) in [7, 11) is 3.45. The highest BCUT2D eigenvalue weighted by atomic mass is 35.5. The Kier molecular flexibility index (Phi) is 9.20. The fourth-order valence-electron chi connectivity index (χ4n) is 1.64. The van der Waals surface area contributed by atoms with Gasteiger partial charge in [0.25, 0.3) is 5.91 Å². The van der Waals surface area contributed by atoms with Crippen LogP contribution in [0.2, 0.25) is 0 Å². The van der Waals surface area contributed by atoms with E-state index in [-0.39, 0.29) is 18.3 Å².